The zero-order valence-electron chi connectivity index (χ0n) is 13.1. The molecule has 0 spiro atoms. The summed E-state index contributed by atoms with van der Waals surface area (Å²) in [6, 6.07) is 9.11. The van der Waals surface area contributed by atoms with Gasteiger partial charge in [0.1, 0.15) is 5.75 Å². The second kappa shape index (κ2) is 7.11. The van der Waals surface area contributed by atoms with E-state index in [9.17, 15) is 4.79 Å². The van der Waals surface area contributed by atoms with Crippen molar-refractivity contribution >= 4 is 40.6 Å². The number of pyridine rings is 1. The topological polar surface area (TPSA) is 68.5 Å². The first-order chi connectivity index (χ1) is 11.6. The fourth-order valence-electron chi connectivity index (χ4n) is 2.16. The maximum atomic E-state index is 12.2. The van der Waals surface area contributed by atoms with Crippen LogP contribution < -0.4 is 10.1 Å². The van der Waals surface area contributed by atoms with Crippen LogP contribution in [0.15, 0.2) is 41.7 Å². The van der Waals surface area contributed by atoms with Crippen molar-refractivity contribution in [1.82, 2.24) is 14.6 Å². The summed E-state index contributed by atoms with van der Waals surface area (Å²) in [5.41, 5.74) is 2.20. The number of thioether (sulfide) groups is 1. The molecule has 8 heteroatoms. The summed E-state index contributed by atoms with van der Waals surface area (Å²) in [6.07, 6.45) is 1.86. The van der Waals surface area contributed by atoms with Crippen LogP contribution in [0.25, 0.3) is 5.65 Å². The zero-order valence-corrected chi connectivity index (χ0v) is 14.7. The molecule has 0 aliphatic carbocycles. The van der Waals surface area contributed by atoms with Crippen LogP contribution >= 0.6 is 23.4 Å². The lowest BCUT2D eigenvalue weighted by Crippen LogP contribution is -2.15. The highest BCUT2D eigenvalue weighted by atomic mass is 35.5. The number of ether oxygens (including phenoxy) is 1. The average Bonchev–Trinajstić information content (AvgIpc) is 2.99. The normalized spacial score (nSPS) is 10.8. The summed E-state index contributed by atoms with van der Waals surface area (Å²) in [4.78, 5) is 12.2. The molecule has 2 aromatic heterocycles. The zero-order chi connectivity index (χ0) is 17.1. The first-order valence-corrected chi connectivity index (χ1v) is 8.51. The minimum Gasteiger partial charge on any atom is -0.495 e. The van der Waals surface area contributed by atoms with E-state index in [4.69, 9.17) is 16.3 Å². The number of rotatable bonds is 5. The molecule has 0 unspecified atom stereocenters. The molecule has 124 valence electrons. The number of methoxy groups -OCH3 is 1. The molecule has 2 heterocycles. The summed E-state index contributed by atoms with van der Waals surface area (Å²) in [5, 5.41) is 12.2. The third-order valence-corrected chi connectivity index (χ3v) is 4.72. The Morgan fingerprint density at radius 1 is 1.38 bits per heavy atom. The minimum absolute atomic E-state index is 0.160. The molecule has 0 saturated carbocycles. The van der Waals surface area contributed by atoms with Crippen LogP contribution in [-0.4, -0.2) is 33.4 Å². The number of fused-ring (bicyclic) bond motifs is 1. The molecule has 1 aromatic carbocycles. The van der Waals surface area contributed by atoms with E-state index in [0.29, 0.717) is 21.6 Å². The summed E-state index contributed by atoms with van der Waals surface area (Å²) < 4.78 is 7.10. The number of hydrogen-bond donors (Lipinski definition) is 1. The molecule has 0 saturated heterocycles. The Labute approximate surface area is 148 Å². The molecular weight excluding hydrogens is 348 g/mol. The fraction of sp³-hybridized carbons (Fsp3) is 0.188. The number of aryl methyl sites for hydroxylation is 1. The summed E-state index contributed by atoms with van der Waals surface area (Å²) in [7, 11) is 1.54. The van der Waals surface area contributed by atoms with Gasteiger partial charge in [0.05, 0.1) is 18.6 Å². The second-order valence-corrected chi connectivity index (χ2v) is 6.40. The van der Waals surface area contributed by atoms with E-state index < -0.39 is 0 Å². The molecule has 6 nitrogen and oxygen atoms in total. The number of carbonyl (C=O) groups excluding carboxylic acids is 1. The van der Waals surface area contributed by atoms with Crippen LogP contribution in [0.4, 0.5) is 5.69 Å². The van der Waals surface area contributed by atoms with Crippen LogP contribution in [0.5, 0.6) is 5.75 Å². The van der Waals surface area contributed by atoms with Gasteiger partial charge in [-0.3, -0.25) is 9.20 Å². The van der Waals surface area contributed by atoms with Crippen molar-refractivity contribution in [3.05, 3.63) is 47.1 Å². The van der Waals surface area contributed by atoms with Gasteiger partial charge in [-0.2, -0.15) is 0 Å². The number of nitrogens with zero attached hydrogens (tertiary/aromatic N) is 3. The van der Waals surface area contributed by atoms with E-state index in [1.54, 1.807) is 12.1 Å². The van der Waals surface area contributed by atoms with Crippen LogP contribution in [0.3, 0.4) is 0 Å². The summed E-state index contributed by atoms with van der Waals surface area (Å²) >= 11 is 7.39. The molecule has 3 rings (SSSR count). The molecule has 0 fully saturated rings. The van der Waals surface area contributed by atoms with Gasteiger partial charge in [0.25, 0.3) is 0 Å². The second-order valence-electron chi connectivity index (χ2n) is 5.05. The SMILES string of the molecule is COc1cc(Cl)c(C)cc1NC(=O)CSc1nnc2ccccn12. The van der Waals surface area contributed by atoms with E-state index in [0.717, 1.165) is 11.2 Å². The first kappa shape index (κ1) is 16.6. The average molecular weight is 363 g/mol. The molecule has 1 N–H and O–H groups in total. The molecule has 3 aromatic rings. The number of nitrogens with one attached hydrogen (secondary N) is 1. The number of benzene rings is 1. The number of amides is 1. The highest BCUT2D eigenvalue weighted by molar-refractivity contribution is 7.99. The monoisotopic (exact) mass is 362 g/mol. The van der Waals surface area contributed by atoms with Crippen LogP contribution in [0.2, 0.25) is 5.02 Å². The Bertz CT molecular complexity index is 897. The largest absolute Gasteiger partial charge is 0.495 e. The van der Waals surface area contributed by atoms with Gasteiger partial charge in [-0.1, -0.05) is 29.4 Å². The molecule has 0 atom stereocenters. The van der Waals surface area contributed by atoms with Gasteiger partial charge in [-0.05, 0) is 30.7 Å². The Balaban J connectivity index is 1.69. The molecule has 1 amide bonds. The van der Waals surface area contributed by atoms with Gasteiger partial charge in [-0.25, -0.2) is 0 Å². The Hall–Kier alpha value is -2.25. The van der Waals surface area contributed by atoms with E-state index in [-0.39, 0.29) is 11.7 Å². The van der Waals surface area contributed by atoms with Gasteiger partial charge in [0, 0.05) is 17.3 Å². The molecule has 0 bridgehead atoms. The van der Waals surface area contributed by atoms with Crippen molar-refractivity contribution in [1.29, 1.82) is 0 Å². The quantitative estimate of drug-likeness (QED) is 0.704. The van der Waals surface area contributed by atoms with E-state index in [1.807, 2.05) is 35.7 Å². The lowest BCUT2D eigenvalue weighted by atomic mass is 10.2. The van der Waals surface area contributed by atoms with Gasteiger partial charge in [0.15, 0.2) is 10.8 Å². The van der Waals surface area contributed by atoms with Crippen LogP contribution in [0.1, 0.15) is 5.56 Å². The van der Waals surface area contributed by atoms with Crippen molar-refractivity contribution in [3.8, 4) is 5.75 Å². The number of hydrogen-bond acceptors (Lipinski definition) is 5. The Morgan fingerprint density at radius 2 is 2.21 bits per heavy atom. The standard InChI is InChI=1S/C16H15ClN4O2S/c1-10-7-12(13(23-2)8-11(10)17)18-15(22)9-24-16-20-19-14-5-3-4-6-21(14)16/h3-8H,9H2,1-2H3,(H,18,22). The van der Waals surface area contributed by atoms with Gasteiger partial charge >= 0.3 is 0 Å². The number of anilines is 1. The maximum Gasteiger partial charge on any atom is 0.234 e. The molecule has 24 heavy (non-hydrogen) atoms. The van der Waals surface area contributed by atoms with Crippen molar-refractivity contribution in [2.75, 3.05) is 18.2 Å². The van der Waals surface area contributed by atoms with E-state index in [2.05, 4.69) is 15.5 Å². The molecule has 0 radical (unpaired) electrons. The fourth-order valence-corrected chi connectivity index (χ4v) is 3.04. The predicted octanol–water partition coefficient (Wildman–Crippen LogP) is 3.43. The Morgan fingerprint density at radius 3 is 3.00 bits per heavy atom. The number of carbonyl (C=O) groups is 1. The minimum atomic E-state index is -0.160. The Kier molecular flexibility index (Phi) is 4.92. The lowest BCUT2D eigenvalue weighted by molar-refractivity contribution is -0.113. The number of halogens is 1. The van der Waals surface area contributed by atoms with Crippen molar-refractivity contribution in [2.45, 2.75) is 12.1 Å². The summed E-state index contributed by atoms with van der Waals surface area (Å²) in [5.74, 6) is 0.574. The van der Waals surface area contributed by atoms with Crippen LogP contribution in [0, 0.1) is 6.92 Å². The van der Waals surface area contributed by atoms with E-state index >= 15 is 0 Å². The molecular formula is C16H15ClN4O2S. The van der Waals surface area contributed by atoms with Crippen molar-refractivity contribution < 1.29 is 9.53 Å². The predicted molar refractivity (Wildman–Crippen MR) is 95.1 cm³/mol. The third-order valence-electron chi connectivity index (χ3n) is 3.37. The first-order valence-electron chi connectivity index (χ1n) is 7.15. The van der Waals surface area contributed by atoms with Gasteiger partial charge < -0.3 is 10.1 Å². The van der Waals surface area contributed by atoms with Crippen molar-refractivity contribution in [2.24, 2.45) is 0 Å². The third kappa shape index (κ3) is 3.47. The van der Waals surface area contributed by atoms with Crippen molar-refractivity contribution in [3.63, 3.8) is 0 Å². The lowest BCUT2D eigenvalue weighted by Gasteiger charge is -2.12. The van der Waals surface area contributed by atoms with Crippen LogP contribution in [-0.2, 0) is 4.79 Å². The highest BCUT2D eigenvalue weighted by Crippen LogP contribution is 2.31. The number of aromatic nitrogens is 3. The smallest absolute Gasteiger partial charge is 0.234 e. The summed E-state index contributed by atoms with van der Waals surface area (Å²) in [6.45, 7) is 1.87. The van der Waals surface area contributed by atoms with Gasteiger partial charge in [0.2, 0.25) is 5.91 Å². The molecule has 0 aliphatic heterocycles. The molecule has 0 aliphatic rings. The van der Waals surface area contributed by atoms with Gasteiger partial charge in [-0.15, -0.1) is 10.2 Å². The highest BCUT2D eigenvalue weighted by Gasteiger charge is 2.12. The maximum absolute atomic E-state index is 12.2. The van der Waals surface area contributed by atoms with E-state index in [1.165, 1.54) is 18.9 Å².